The summed E-state index contributed by atoms with van der Waals surface area (Å²) in [5, 5.41) is 5.81. The lowest BCUT2D eigenvalue weighted by atomic mass is 9.93. The molecule has 0 bridgehead atoms. The minimum atomic E-state index is -2.96. The number of nitrogens with one attached hydrogen (secondary N) is 2. The van der Waals surface area contributed by atoms with Crippen LogP contribution in [0.3, 0.4) is 0 Å². The highest BCUT2D eigenvalue weighted by atomic mass is 32.2. The van der Waals surface area contributed by atoms with Crippen molar-refractivity contribution in [3.63, 3.8) is 0 Å². The summed E-state index contributed by atoms with van der Waals surface area (Å²) in [6.07, 6.45) is 2.82. The molecule has 0 aromatic rings. The molecule has 2 N–H and O–H groups in total. The van der Waals surface area contributed by atoms with Crippen molar-refractivity contribution in [3.8, 4) is 0 Å². The summed E-state index contributed by atoms with van der Waals surface area (Å²) < 4.78 is 22.8. The Hall–Kier alpha value is -1.11. The Bertz CT molecular complexity index is 479. The van der Waals surface area contributed by atoms with Crippen molar-refractivity contribution in [1.82, 2.24) is 10.6 Å². The van der Waals surface area contributed by atoms with E-state index in [-0.39, 0.29) is 17.4 Å². The maximum Gasteiger partial charge on any atom is 0.252 e. The maximum absolute atomic E-state index is 11.9. The van der Waals surface area contributed by atoms with Crippen LogP contribution in [0, 0.1) is 0 Å². The average molecular weight is 257 g/mol. The molecule has 0 aromatic heterocycles. The topological polar surface area (TPSA) is 87.6 Å². The number of carbonyl (C=O) groups is 1. The van der Waals surface area contributed by atoms with Gasteiger partial charge < -0.3 is 5.32 Å². The van der Waals surface area contributed by atoms with E-state index in [1.807, 2.05) is 0 Å². The fraction of sp³-hybridized carbons (Fsp3) is 0.800. The minimum absolute atomic E-state index is 0.0735. The van der Waals surface area contributed by atoms with Crippen LogP contribution >= 0.6 is 0 Å². The first-order chi connectivity index (χ1) is 7.99. The number of sulfone groups is 1. The molecule has 1 aliphatic carbocycles. The van der Waals surface area contributed by atoms with E-state index in [0.717, 1.165) is 12.8 Å². The number of aliphatic imine (C=N–C) groups is 1. The minimum Gasteiger partial charge on any atom is -0.342 e. The normalized spacial score (nSPS) is 32.5. The molecule has 2 aliphatic heterocycles. The van der Waals surface area contributed by atoms with Crippen LogP contribution in [-0.4, -0.2) is 43.4 Å². The number of carbonyl (C=O) groups excluding carboxylic acids is 1. The predicted octanol–water partition coefficient (Wildman–Crippen LogP) is -0.828. The molecule has 7 heteroatoms. The van der Waals surface area contributed by atoms with Gasteiger partial charge in [0.15, 0.2) is 15.8 Å². The quantitative estimate of drug-likeness (QED) is 0.642. The Morgan fingerprint density at radius 1 is 1.24 bits per heavy atom. The van der Waals surface area contributed by atoms with Gasteiger partial charge in [0.05, 0.1) is 17.5 Å². The Labute approximate surface area is 99.8 Å². The zero-order valence-electron chi connectivity index (χ0n) is 9.40. The molecule has 1 saturated carbocycles. The van der Waals surface area contributed by atoms with Gasteiger partial charge in [0.25, 0.3) is 5.91 Å². The molecule has 0 radical (unpaired) electrons. The Morgan fingerprint density at radius 2 is 1.88 bits per heavy atom. The fourth-order valence-corrected chi connectivity index (χ4v) is 3.75. The summed E-state index contributed by atoms with van der Waals surface area (Å²) in [4.78, 5) is 16.3. The van der Waals surface area contributed by atoms with E-state index >= 15 is 0 Å². The second-order valence-electron chi connectivity index (χ2n) is 5.02. The number of amides is 1. The van der Waals surface area contributed by atoms with Gasteiger partial charge in [0.2, 0.25) is 0 Å². The highest BCUT2D eigenvalue weighted by Gasteiger charge is 2.48. The predicted molar refractivity (Wildman–Crippen MR) is 62.4 cm³/mol. The first-order valence-electron chi connectivity index (χ1n) is 5.87. The van der Waals surface area contributed by atoms with Gasteiger partial charge >= 0.3 is 0 Å². The summed E-state index contributed by atoms with van der Waals surface area (Å²) in [5.74, 6) is 0.539. The van der Waals surface area contributed by atoms with Crippen molar-refractivity contribution in [1.29, 1.82) is 0 Å². The molecule has 2 heterocycles. The van der Waals surface area contributed by atoms with Crippen LogP contribution in [-0.2, 0) is 14.6 Å². The molecule has 0 atom stereocenters. The monoisotopic (exact) mass is 257 g/mol. The van der Waals surface area contributed by atoms with Crippen molar-refractivity contribution in [2.45, 2.75) is 37.3 Å². The number of hydrogen-bond donors (Lipinski definition) is 2. The van der Waals surface area contributed by atoms with Crippen LogP contribution in [0.1, 0.15) is 25.7 Å². The lowest BCUT2D eigenvalue weighted by molar-refractivity contribution is -0.124. The third kappa shape index (κ3) is 2.03. The fourth-order valence-electron chi connectivity index (χ4n) is 2.23. The Balaban J connectivity index is 1.77. The first-order valence-corrected chi connectivity index (χ1v) is 7.69. The van der Waals surface area contributed by atoms with Gasteiger partial charge in [-0.05, 0) is 25.7 Å². The lowest BCUT2D eigenvalue weighted by Crippen LogP contribution is -2.52. The molecule has 0 unspecified atom stereocenters. The van der Waals surface area contributed by atoms with Gasteiger partial charge in [0, 0.05) is 0 Å². The van der Waals surface area contributed by atoms with E-state index in [1.54, 1.807) is 0 Å². The van der Waals surface area contributed by atoms with E-state index in [0.29, 0.717) is 24.8 Å². The van der Waals surface area contributed by atoms with Crippen molar-refractivity contribution in [2.24, 2.45) is 4.99 Å². The van der Waals surface area contributed by atoms with Crippen molar-refractivity contribution in [3.05, 3.63) is 0 Å². The van der Waals surface area contributed by atoms with E-state index < -0.39 is 15.4 Å². The largest absolute Gasteiger partial charge is 0.342 e. The third-order valence-electron chi connectivity index (χ3n) is 3.56. The molecule has 2 saturated heterocycles. The molecule has 1 amide bonds. The molecule has 3 rings (SSSR count). The molecule has 6 nitrogen and oxygen atoms in total. The smallest absolute Gasteiger partial charge is 0.252 e. The Kier molecular flexibility index (Phi) is 2.23. The van der Waals surface area contributed by atoms with Crippen molar-refractivity contribution < 1.29 is 13.2 Å². The second kappa shape index (κ2) is 3.44. The number of rotatable bonds is 1. The standard InChI is InChI=1S/C10H15N3O3S/c14-8-10(3-5-17(15,16)6-4-10)13-9(12-8)11-7-1-2-7/h7H,1-6H2,(H2,11,12,13,14). The maximum atomic E-state index is 11.9. The van der Waals surface area contributed by atoms with Gasteiger partial charge in [-0.2, -0.15) is 0 Å². The summed E-state index contributed by atoms with van der Waals surface area (Å²) in [6.45, 7) is 0. The van der Waals surface area contributed by atoms with E-state index in [9.17, 15) is 13.2 Å². The zero-order valence-corrected chi connectivity index (χ0v) is 10.2. The second-order valence-corrected chi connectivity index (χ2v) is 7.33. The third-order valence-corrected chi connectivity index (χ3v) is 5.21. The number of hydrogen-bond acceptors (Lipinski definition) is 4. The zero-order chi connectivity index (χ0) is 12.1. The SMILES string of the molecule is O=C1NC(=NC2CC2)NC12CCS(=O)(=O)CC2. The van der Waals surface area contributed by atoms with Gasteiger partial charge in [-0.15, -0.1) is 0 Å². The van der Waals surface area contributed by atoms with Crippen LogP contribution in [0.4, 0.5) is 0 Å². The van der Waals surface area contributed by atoms with E-state index in [2.05, 4.69) is 15.6 Å². The van der Waals surface area contributed by atoms with Crippen LogP contribution < -0.4 is 10.6 Å². The van der Waals surface area contributed by atoms with Gasteiger partial charge in [-0.3, -0.25) is 10.1 Å². The molecule has 17 heavy (non-hydrogen) atoms. The number of guanidine groups is 1. The summed E-state index contributed by atoms with van der Waals surface area (Å²) >= 11 is 0. The van der Waals surface area contributed by atoms with E-state index in [4.69, 9.17) is 0 Å². The summed E-state index contributed by atoms with van der Waals surface area (Å²) in [7, 11) is -2.96. The summed E-state index contributed by atoms with van der Waals surface area (Å²) in [6, 6.07) is 0.334. The van der Waals surface area contributed by atoms with Crippen LogP contribution in [0.2, 0.25) is 0 Å². The average Bonchev–Trinajstić information content (AvgIpc) is 2.99. The van der Waals surface area contributed by atoms with Crippen molar-refractivity contribution in [2.75, 3.05) is 11.5 Å². The van der Waals surface area contributed by atoms with Gasteiger partial charge in [-0.25, -0.2) is 13.4 Å². The lowest BCUT2D eigenvalue weighted by Gasteiger charge is -2.30. The summed E-state index contributed by atoms with van der Waals surface area (Å²) in [5.41, 5.74) is -0.737. The highest BCUT2D eigenvalue weighted by Crippen LogP contribution is 2.28. The molecule has 3 aliphatic rings. The van der Waals surface area contributed by atoms with Crippen LogP contribution in [0.5, 0.6) is 0 Å². The first kappa shape index (κ1) is 11.0. The number of nitrogens with zero attached hydrogens (tertiary/aromatic N) is 1. The Morgan fingerprint density at radius 3 is 2.47 bits per heavy atom. The molecular formula is C10H15N3O3S. The highest BCUT2D eigenvalue weighted by molar-refractivity contribution is 7.91. The molecule has 3 fully saturated rings. The molecule has 94 valence electrons. The van der Waals surface area contributed by atoms with E-state index in [1.165, 1.54) is 0 Å². The molecule has 0 aromatic carbocycles. The van der Waals surface area contributed by atoms with Crippen molar-refractivity contribution >= 4 is 21.7 Å². The van der Waals surface area contributed by atoms with Gasteiger partial charge in [-0.1, -0.05) is 0 Å². The van der Waals surface area contributed by atoms with Crippen LogP contribution in [0.25, 0.3) is 0 Å². The molecular weight excluding hydrogens is 242 g/mol. The van der Waals surface area contributed by atoms with Crippen LogP contribution in [0.15, 0.2) is 4.99 Å². The van der Waals surface area contributed by atoms with Gasteiger partial charge in [0.1, 0.15) is 5.54 Å². The molecule has 1 spiro atoms.